The van der Waals surface area contributed by atoms with Gasteiger partial charge in [-0.15, -0.1) is 0 Å². The van der Waals surface area contributed by atoms with Gasteiger partial charge in [-0.25, -0.2) is 0 Å². The van der Waals surface area contributed by atoms with Gasteiger partial charge in [-0.1, -0.05) is 5.16 Å². The number of amides is 3. The molecule has 114 valence electrons. The van der Waals surface area contributed by atoms with Crippen molar-refractivity contribution in [2.45, 2.75) is 26.2 Å². The molecule has 2 N–H and O–H groups in total. The van der Waals surface area contributed by atoms with E-state index in [1.807, 2.05) is 0 Å². The first kappa shape index (κ1) is 15.0. The number of likely N-dealkylation sites (tertiary alicyclic amines) is 1. The topological polar surface area (TPSA) is 105 Å². The van der Waals surface area contributed by atoms with Crippen LogP contribution in [-0.2, 0) is 14.4 Å². The molecule has 0 saturated carbocycles. The standard InChI is InChI=1S/C13H18N4O4/c1-9-8-10(16-21-9)15-13(20)12(19)14-5-3-7-17-6-2-4-11(17)18/h8H,2-7H2,1H3,(H,14,19)(H,15,16,20). The number of nitrogens with zero attached hydrogens (tertiary/aromatic N) is 2. The lowest BCUT2D eigenvalue weighted by molar-refractivity contribution is -0.136. The second kappa shape index (κ2) is 6.87. The lowest BCUT2D eigenvalue weighted by Crippen LogP contribution is -2.37. The number of hydrogen-bond donors (Lipinski definition) is 2. The van der Waals surface area contributed by atoms with Crippen molar-refractivity contribution in [1.82, 2.24) is 15.4 Å². The van der Waals surface area contributed by atoms with Crippen LogP contribution in [0.4, 0.5) is 5.82 Å². The first-order chi connectivity index (χ1) is 10.1. The van der Waals surface area contributed by atoms with E-state index in [1.54, 1.807) is 11.8 Å². The first-order valence-corrected chi connectivity index (χ1v) is 6.86. The minimum atomic E-state index is -0.791. The molecule has 21 heavy (non-hydrogen) atoms. The van der Waals surface area contributed by atoms with Gasteiger partial charge in [0.25, 0.3) is 0 Å². The highest BCUT2D eigenvalue weighted by molar-refractivity contribution is 6.39. The fourth-order valence-corrected chi connectivity index (χ4v) is 2.09. The number of carbonyl (C=O) groups excluding carboxylic acids is 3. The van der Waals surface area contributed by atoms with Crippen LogP contribution in [0.25, 0.3) is 0 Å². The predicted octanol–water partition coefficient (Wildman–Crippen LogP) is 0.0502. The number of aromatic nitrogens is 1. The highest BCUT2D eigenvalue weighted by atomic mass is 16.5. The SMILES string of the molecule is Cc1cc(NC(=O)C(=O)NCCCN2CCCC2=O)no1. The zero-order chi connectivity index (χ0) is 15.2. The quantitative estimate of drug-likeness (QED) is 0.590. The molecule has 2 rings (SSSR count). The normalized spacial score (nSPS) is 14.3. The summed E-state index contributed by atoms with van der Waals surface area (Å²) in [4.78, 5) is 36.3. The summed E-state index contributed by atoms with van der Waals surface area (Å²) in [6, 6.07) is 1.52. The third-order valence-corrected chi connectivity index (χ3v) is 3.14. The highest BCUT2D eigenvalue weighted by Crippen LogP contribution is 2.09. The molecule has 8 nitrogen and oxygen atoms in total. The Balaban J connectivity index is 1.64. The molecule has 0 aromatic carbocycles. The Morgan fingerprint density at radius 3 is 2.86 bits per heavy atom. The summed E-state index contributed by atoms with van der Waals surface area (Å²) in [5.41, 5.74) is 0. The Bertz CT molecular complexity index is 540. The van der Waals surface area contributed by atoms with Crippen molar-refractivity contribution in [3.05, 3.63) is 11.8 Å². The van der Waals surface area contributed by atoms with Crippen LogP contribution < -0.4 is 10.6 Å². The average Bonchev–Trinajstić information content (AvgIpc) is 3.03. The molecule has 0 bridgehead atoms. The van der Waals surface area contributed by atoms with Crippen LogP contribution in [0.3, 0.4) is 0 Å². The van der Waals surface area contributed by atoms with E-state index in [0.29, 0.717) is 31.7 Å². The summed E-state index contributed by atoms with van der Waals surface area (Å²) in [5.74, 6) is -0.624. The minimum absolute atomic E-state index is 0.153. The predicted molar refractivity (Wildman–Crippen MR) is 73.3 cm³/mol. The summed E-state index contributed by atoms with van der Waals surface area (Å²) in [6.07, 6.45) is 2.12. The fraction of sp³-hybridized carbons (Fsp3) is 0.538. The molecule has 2 heterocycles. The largest absolute Gasteiger partial charge is 0.360 e. The number of rotatable bonds is 5. The van der Waals surface area contributed by atoms with Gasteiger partial charge in [0, 0.05) is 32.1 Å². The Labute approximate surface area is 121 Å². The zero-order valence-electron chi connectivity index (χ0n) is 11.8. The van der Waals surface area contributed by atoms with Crippen LogP contribution in [0.15, 0.2) is 10.6 Å². The third-order valence-electron chi connectivity index (χ3n) is 3.14. The van der Waals surface area contributed by atoms with Gasteiger partial charge in [0.05, 0.1) is 0 Å². The molecule has 1 aliphatic heterocycles. The second-order valence-corrected chi connectivity index (χ2v) is 4.87. The van der Waals surface area contributed by atoms with Crippen molar-refractivity contribution >= 4 is 23.5 Å². The van der Waals surface area contributed by atoms with Gasteiger partial charge in [0.2, 0.25) is 5.91 Å². The average molecular weight is 294 g/mol. The smallest absolute Gasteiger partial charge is 0.314 e. The van der Waals surface area contributed by atoms with Gasteiger partial charge in [-0.05, 0) is 19.8 Å². The number of nitrogens with one attached hydrogen (secondary N) is 2. The molecule has 1 saturated heterocycles. The summed E-state index contributed by atoms with van der Waals surface area (Å²) < 4.78 is 4.78. The van der Waals surface area contributed by atoms with E-state index in [9.17, 15) is 14.4 Å². The molecule has 0 unspecified atom stereocenters. The molecule has 0 aliphatic carbocycles. The number of aryl methyl sites for hydroxylation is 1. The zero-order valence-corrected chi connectivity index (χ0v) is 11.8. The molecule has 1 aromatic heterocycles. The number of carbonyl (C=O) groups is 3. The van der Waals surface area contributed by atoms with E-state index in [2.05, 4.69) is 15.8 Å². The molecular formula is C13H18N4O4. The van der Waals surface area contributed by atoms with E-state index in [0.717, 1.165) is 13.0 Å². The molecule has 8 heteroatoms. The fourth-order valence-electron chi connectivity index (χ4n) is 2.09. The van der Waals surface area contributed by atoms with Crippen LogP contribution in [-0.4, -0.2) is 47.4 Å². The molecule has 0 atom stereocenters. The van der Waals surface area contributed by atoms with E-state index >= 15 is 0 Å². The maximum absolute atomic E-state index is 11.6. The molecule has 0 radical (unpaired) electrons. The molecule has 0 spiro atoms. The van der Waals surface area contributed by atoms with Gasteiger partial charge in [-0.3, -0.25) is 19.7 Å². The first-order valence-electron chi connectivity index (χ1n) is 6.86. The van der Waals surface area contributed by atoms with Gasteiger partial charge in [-0.2, -0.15) is 0 Å². The van der Waals surface area contributed by atoms with Gasteiger partial charge >= 0.3 is 11.8 Å². The van der Waals surface area contributed by atoms with E-state index in [-0.39, 0.29) is 11.7 Å². The van der Waals surface area contributed by atoms with Gasteiger partial charge in [0.15, 0.2) is 5.82 Å². The van der Waals surface area contributed by atoms with Gasteiger partial charge < -0.3 is 14.7 Å². The van der Waals surface area contributed by atoms with Crippen molar-refractivity contribution in [2.75, 3.05) is 25.0 Å². The summed E-state index contributed by atoms with van der Waals surface area (Å²) in [7, 11) is 0. The number of anilines is 1. The third kappa shape index (κ3) is 4.30. The Hall–Kier alpha value is -2.38. The maximum atomic E-state index is 11.6. The molecule has 1 aliphatic rings. The van der Waals surface area contributed by atoms with Crippen LogP contribution in [0.2, 0.25) is 0 Å². The van der Waals surface area contributed by atoms with E-state index in [1.165, 1.54) is 6.07 Å². The van der Waals surface area contributed by atoms with Gasteiger partial charge in [0.1, 0.15) is 5.76 Å². The van der Waals surface area contributed by atoms with Crippen molar-refractivity contribution in [2.24, 2.45) is 0 Å². The monoisotopic (exact) mass is 294 g/mol. The Morgan fingerprint density at radius 1 is 1.43 bits per heavy atom. The Kier molecular flexibility index (Phi) is 4.91. The van der Waals surface area contributed by atoms with Crippen molar-refractivity contribution in [1.29, 1.82) is 0 Å². The molecule has 1 aromatic rings. The van der Waals surface area contributed by atoms with E-state index in [4.69, 9.17) is 4.52 Å². The van der Waals surface area contributed by atoms with E-state index < -0.39 is 11.8 Å². The lowest BCUT2D eigenvalue weighted by Gasteiger charge is -2.15. The van der Waals surface area contributed by atoms with Crippen molar-refractivity contribution in [3.8, 4) is 0 Å². The summed E-state index contributed by atoms with van der Waals surface area (Å²) in [5, 5.41) is 8.40. The highest BCUT2D eigenvalue weighted by Gasteiger charge is 2.19. The number of hydrogen-bond acceptors (Lipinski definition) is 5. The maximum Gasteiger partial charge on any atom is 0.314 e. The minimum Gasteiger partial charge on any atom is -0.360 e. The van der Waals surface area contributed by atoms with Crippen LogP contribution >= 0.6 is 0 Å². The van der Waals surface area contributed by atoms with Crippen molar-refractivity contribution in [3.63, 3.8) is 0 Å². The van der Waals surface area contributed by atoms with Crippen LogP contribution in [0.1, 0.15) is 25.0 Å². The summed E-state index contributed by atoms with van der Waals surface area (Å²) >= 11 is 0. The molecule has 3 amide bonds. The molecular weight excluding hydrogens is 276 g/mol. The Morgan fingerprint density at radius 2 is 2.24 bits per heavy atom. The van der Waals surface area contributed by atoms with Crippen molar-refractivity contribution < 1.29 is 18.9 Å². The molecule has 1 fully saturated rings. The van der Waals surface area contributed by atoms with Crippen LogP contribution in [0, 0.1) is 6.92 Å². The lowest BCUT2D eigenvalue weighted by atomic mass is 10.3. The van der Waals surface area contributed by atoms with Crippen LogP contribution in [0.5, 0.6) is 0 Å². The summed E-state index contributed by atoms with van der Waals surface area (Å²) in [6.45, 7) is 3.40. The second-order valence-electron chi connectivity index (χ2n) is 4.87.